The van der Waals surface area contributed by atoms with Crippen molar-refractivity contribution in [2.75, 3.05) is 0 Å². The molecule has 1 unspecified atom stereocenters. The number of halogens is 2. The molecule has 3 rings (SSSR count). The maximum absolute atomic E-state index is 13.1. The molecule has 1 aromatic heterocycles. The van der Waals surface area contributed by atoms with Crippen molar-refractivity contribution in [3.8, 4) is 5.75 Å². The Bertz CT molecular complexity index is 670. The Morgan fingerprint density at radius 2 is 2.00 bits per heavy atom. The third kappa shape index (κ3) is 2.20. The summed E-state index contributed by atoms with van der Waals surface area (Å²) >= 11 is 0. The highest BCUT2D eigenvalue weighted by molar-refractivity contribution is 5.85. The van der Waals surface area contributed by atoms with E-state index in [4.69, 9.17) is 4.74 Å². The maximum Gasteiger partial charge on any atom is 0.226 e. The summed E-state index contributed by atoms with van der Waals surface area (Å²) in [4.78, 5) is 3.69. The Balaban J connectivity index is 2.09. The van der Waals surface area contributed by atoms with Gasteiger partial charge in [-0.3, -0.25) is 0 Å². The van der Waals surface area contributed by atoms with Crippen LogP contribution in [-0.2, 0) is 0 Å². The van der Waals surface area contributed by atoms with Crippen LogP contribution in [0, 0.1) is 11.8 Å². The fraction of sp³-hybridized carbons (Fsp3) is 0.0714. The summed E-state index contributed by atoms with van der Waals surface area (Å²) in [5, 5.41) is 9.88. The molecular weight excluding hydrogens is 252 g/mol. The third-order valence-corrected chi connectivity index (χ3v) is 2.80. The van der Waals surface area contributed by atoms with Crippen molar-refractivity contribution < 1.29 is 18.6 Å². The van der Waals surface area contributed by atoms with E-state index >= 15 is 0 Å². The van der Waals surface area contributed by atoms with Gasteiger partial charge in [0.05, 0.1) is 5.69 Å². The Labute approximate surface area is 107 Å². The topological polar surface area (TPSA) is 42.4 Å². The van der Waals surface area contributed by atoms with Crippen LogP contribution in [0.15, 0.2) is 36.4 Å². The number of aromatic nitrogens is 1. The molecule has 96 valence electrons. The van der Waals surface area contributed by atoms with Crippen molar-refractivity contribution in [2.45, 2.75) is 6.29 Å². The lowest BCUT2D eigenvalue weighted by Gasteiger charge is -2.22. The minimum absolute atomic E-state index is 0.243. The highest BCUT2D eigenvalue weighted by atomic mass is 19.1. The minimum Gasteiger partial charge on any atom is -0.460 e. The highest BCUT2D eigenvalue weighted by Crippen LogP contribution is 2.33. The van der Waals surface area contributed by atoms with Crippen LogP contribution in [0.4, 0.5) is 8.78 Å². The van der Waals surface area contributed by atoms with E-state index in [2.05, 4.69) is 4.98 Å². The Morgan fingerprint density at radius 1 is 1.16 bits per heavy atom. The summed E-state index contributed by atoms with van der Waals surface area (Å²) in [6, 6.07) is 8.26. The number of hydrogen-bond donors (Lipinski definition) is 1. The highest BCUT2D eigenvalue weighted by Gasteiger charge is 2.23. The van der Waals surface area contributed by atoms with E-state index in [1.807, 2.05) is 0 Å². The van der Waals surface area contributed by atoms with Crippen LogP contribution in [0.1, 0.15) is 11.3 Å². The van der Waals surface area contributed by atoms with Gasteiger partial charge in [0, 0.05) is 17.2 Å². The molecule has 0 bridgehead atoms. The average Bonchev–Trinajstić information content (AvgIpc) is 2.37. The molecule has 0 fully saturated rings. The molecule has 0 amide bonds. The number of ether oxygens (including phenoxy) is 1. The van der Waals surface area contributed by atoms with Crippen LogP contribution in [0.5, 0.6) is 5.75 Å². The zero-order valence-corrected chi connectivity index (χ0v) is 9.68. The summed E-state index contributed by atoms with van der Waals surface area (Å²) in [6.45, 7) is 0. The van der Waals surface area contributed by atoms with Crippen molar-refractivity contribution in [3.63, 3.8) is 0 Å². The molecule has 19 heavy (non-hydrogen) atoms. The summed E-state index contributed by atoms with van der Waals surface area (Å²) in [5.74, 6) is -0.852. The second kappa shape index (κ2) is 4.44. The van der Waals surface area contributed by atoms with E-state index in [1.165, 1.54) is 30.3 Å². The van der Waals surface area contributed by atoms with Crippen LogP contribution in [0.25, 0.3) is 11.6 Å². The molecule has 0 saturated heterocycles. The number of hydrogen-bond acceptors (Lipinski definition) is 3. The van der Waals surface area contributed by atoms with E-state index in [-0.39, 0.29) is 11.4 Å². The number of fused-ring (bicyclic) bond motifs is 1. The molecule has 0 aliphatic carbocycles. The molecule has 1 aliphatic rings. The standard InChI is InChI=1S/C14H9F2NO2/c15-9-5-4-8-6-10(14(18)19-12(8)7-9)11-2-1-3-13(16)17-11/h1-7,14,18H. The van der Waals surface area contributed by atoms with E-state index in [0.29, 0.717) is 11.1 Å². The summed E-state index contributed by atoms with van der Waals surface area (Å²) in [5.41, 5.74) is 1.22. The second-order valence-corrected chi connectivity index (χ2v) is 4.10. The second-order valence-electron chi connectivity index (χ2n) is 4.10. The fourth-order valence-electron chi connectivity index (χ4n) is 1.92. The Kier molecular flexibility index (Phi) is 2.76. The lowest BCUT2D eigenvalue weighted by atomic mass is 10.0. The summed E-state index contributed by atoms with van der Waals surface area (Å²) in [7, 11) is 0. The van der Waals surface area contributed by atoms with E-state index in [1.54, 1.807) is 12.1 Å². The minimum atomic E-state index is -1.30. The number of aliphatic hydroxyl groups is 1. The van der Waals surface area contributed by atoms with E-state index in [9.17, 15) is 13.9 Å². The molecule has 2 heterocycles. The SMILES string of the molecule is OC1Oc2cc(F)ccc2C=C1c1cccc(F)n1. The molecule has 0 saturated carbocycles. The predicted molar refractivity (Wildman–Crippen MR) is 65.1 cm³/mol. The third-order valence-electron chi connectivity index (χ3n) is 2.80. The maximum atomic E-state index is 13.1. The van der Waals surface area contributed by atoms with Gasteiger partial charge in [-0.1, -0.05) is 6.07 Å². The molecule has 1 aromatic carbocycles. The van der Waals surface area contributed by atoms with Gasteiger partial charge in [0.15, 0.2) is 0 Å². The normalized spacial score (nSPS) is 17.4. The lowest BCUT2D eigenvalue weighted by Crippen LogP contribution is -2.21. The monoisotopic (exact) mass is 261 g/mol. The number of benzene rings is 1. The van der Waals surface area contributed by atoms with Crippen LogP contribution in [0.2, 0.25) is 0 Å². The van der Waals surface area contributed by atoms with Gasteiger partial charge < -0.3 is 9.84 Å². The number of aliphatic hydroxyl groups excluding tert-OH is 1. The van der Waals surface area contributed by atoms with Crippen molar-refractivity contribution in [2.24, 2.45) is 0 Å². The van der Waals surface area contributed by atoms with Gasteiger partial charge in [-0.2, -0.15) is 4.39 Å². The molecule has 1 N–H and O–H groups in total. The van der Waals surface area contributed by atoms with Crippen molar-refractivity contribution in [1.82, 2.24) is 4.98 Å². The van der Waals surface area contributed by atoms with E-state index < -0.39 is 18.1 Å². The van der Waals surface area contributed by atoms with Crippen molar-refractivity contribution in [3.05, 3.63) is 59.4 Å². The van der Waals surface area contributed by atoms with Crippen LogP contribution < -0.4 is 4.74 Å². The molecule has 0 radical (unpaired) electrons. The molecule has 2 aromatic rings. The zero-order chi connectivity index (χ0) is 13.4. The first kappa shape index (κ1) is 11.8. The van der Waals surface area contributed by atoms with Crippen LogP contribution in [-0.4, -0.2) is 16.4 Å². The fourth-order valence-corrected chi connectivity index (χ4v) is 1.92. The van der Waals surface area contributed by atoms with Gasteiger partial charge in [-0.25, -0.2) is 9.37 Å². The van der Waals surface area contributed by atoms with Gasteiger partial charge in [-0.15, -0.1) is 0 Å². The molecule has 3 nitrogen and oxygen atoms in total. The Morgan fingerprint density at radius 3 is 2.79 bits per heavy atom. The summed E-state index contributed by atoms with van der Waals surface area (Å²) < 4.78 is 31.3. The quantitative estimate of drug-likeness (QED) is 0.802. The van der Waals surface area contributed by atoms with E-state index in [0.717, 1.165) is 0 Å². The van der Waals surface area contributed by atoms with Crippen LogP contribution in [0.3, 0.4) is 0 Å². The molecule has 1 atom stereocenters. The smallest absolute Gasteiger partial charge is 0.226 e. The summed E-state index contributed by atoms with van der Waals surface area (Å²) in [6.07, 6.45) is 0.300. The molecular formula is C14H9F2NO2. The largest absolute Gasteiger partial charge is 0.460 e. The molecule has 5 heteroatoms. The number of nitrogens with zero attached hydrogens (tertiary/aromatic N) is 1. The number of pyridine rings is 1. The van der Waals surface area contributed by atoms with Crippen molar-refractivity contribution >= 4 is 11.6 Å². The molecule has 1 aliphatic heterocycles. The zero-order valence-electron chi connectivity index (χ0n) is 9.68. The van der Waals surface area contributed by atoms with Gasteiger partial charge in [0.1, 0.15) is 11.6 Å². The van der Waals surface area contributed by atoms with Gasteiger partial charge >= 0.3 is 0 Å². The Hall–Kier alpha value is -2.27. The first-order valence-electron chi connectivity index (χ1n) is 5.62. The molecule has 0 spiro atoms. The number of rotatable bonds is 1. The van der Waals surface area contributed by atoms with Gasteiger partial charge in [-0.05, 0) is 30.3 Å². The first-order chi connectivity index (χ1) is 9.13. The predicted octanol–water partition coefficient (Wildman–Crippen LogP) is 2.61. The first-order valence-corrected chi connectivity index (χ1v) is 5.62. The lowest BCUT2D eigenvalue weighted by molar-refractivity contribution is 0.0315. The van der Waals surface area contributed by atoms with Gasteiger partial charge in [0.2, 0.25) is 12.2 Å². The van der Waals surface area contributed by atoms with Crippen molar-refractivity contribution in [1.29, 1.82) is 0 Å². The average molecular weight is 261 g/mol. The van der Waals surface area contributed by atoms with Gasteiger partial charge in [0.25, 0.3) is 0 Å². The van der Waals surface area contributed by atoms with Crippen LogP contribution >= 0.6 is 0 Å².